The zero-order valence-electron chi connectivity index (χ0n) is 16.8. The normalized spacial score (nSPS) is 10.8. The van der Waals surface area contributed by atoms with Gasteiger partial charge in [0.2, 0.25) is 5.91 Å². The van der Waals surface area contributed by atoms with E-state index in [-0.39, 0.29) is 11.3 Å². The Morgan fingerprint density at radius 2 is 1.84 bits per heavy atom. The fourth-order valence-corrected chi connectivity index (χ4v) is 5.04. The summed E-state index contributed by atoms with van der Waals surface area (Å²) < 4.78 is 5.93. The number of hydrogen-bond acceptors (Lipinski definition) is 7. The molecule has 0 saturated heterocycles. The van der Waals surface area contributed by atoms with Crippen molar-refractivity contribution in [2.24, 2.45) is 5.73 Å². The number of benzene rings is 2. The van der Waals surface area contributed by atoms with Crippen LogP contribution in [0.4, 0.5) is 5.00 Å². The fourth-order valence-electron chi connectivity index (χ4n) is 3.01. The number of aromatic nitrogens is 2. The summed E-state index contributed by atoms with van der Waals surface area (Å²) in [5.41, 5.74) is 7.94. The predicted molar refractivity (Wildman–Crippen MR) is 127 cm³/mol. The van der Waals surface area contributed by atoms with E-state index in [1.807, 2.05) is 36.4 Å². The van der Waals surface area contributed by atoms with Crippen LogP contribution in [0.3, 0.4) is 0 Å². The second-order valence-corrected chi connectivity index (χ2v) is 9.30. The highest BCUT2D eigenvalue weighted by Crippen LogP contribution is 2.38. The third kappa shape index (κ3) is 4.69. The average Bonchev–Trinajstić information content (AvgIpc) is 3.36. The molecule has 0 bridgehead atoms. The Morgan fingerprint density at radius 1 is 1.12 bits per heavy atom. The lowest BCUT2D eigenvalue weighted by molar-refractivity contribution is -0.115. The van der Waals surface area contributed by atoms with Gasteiger partial charge in [0, 0.05) is 11.1 Å². The van der Waals surface area contributed by atoms with Crippen molar-refractivity contribution in [2.45, 2.75) is 11.3 Å². The van der Waals surface area contributed by atoms with Gasteiger partial charge in [0.05, 0.1) is 10.8 Å². The number of rotatable bonds is 7. The van der Waals surface area contributed by atoms with E-state index in [1.165, 1.54) is 23.1 Å². The Labute approximate surface area is 197 Å². The molecule has 4 rings (SSSR count). The largest absolute Gasteiger partial charge is 0.369 e. The maximum Gasteiger partial charge on any atom is 0.262 e. The quantitative estimate of drug-likeness (QED) is 0.346. The number of nitrogens with one attached hydrogen (secondary N) is 1. The van der Waals surface area contributed by atoms with Crippen LogP contribution in [0.1, 0.15) is 16.1 Å². The van der Waals surface area contributed by atoms with Crippen molar-refractivity contribution >= 4 is 51.5 Å². The smallest absolute Gasteiger partial charge is 0.262 e. The third-order valence-electron chi connectivity index (χ3n) is 4.44. The summed E-state index contributed by atoms with van der Waals surface area (Å²) >= 11 is 8.80. The van der Waals surface area contributed by atoms with Gasteiger partial charge in [0.15, 0.2) is 4.34 Å². The molecule has 0 unspecified atom stereocenters. The Morgan fingerprint density at radius 3 is 2.56 bits per heavy atom. The molecular weight excluding hydrogens is 468 g/mol. The molecule has 0 saturated carbocycles. The van der Waals surface area contributed by atoms with Crippen LogP contribution < -0.4 is 11.1 Å². The van der Waals surface area contributed by atoms with Crippen LogP contribution in [-0.2, 0) is 4.79 Å². The Hall–Kier alpha value is -3.14. The number of aryl methyl sites for hydroxylation is 1. The summed E-state index contributed by atoms with van der Waals surface area (Å²) in [5.74, 6) is -0.379. The summed E-state index contributed by atoms with van der Waals surface area (Å²) in [7, 11) is 0. The topological polar surface area (TPSA) is 111 Å². The number of nitrogens with two attached hydrogens (primary N) is 1. The second-order valence-electron chi connectivity index (χ2n) is 6.67. The number of thioether (sulfide) groups is 1. The maximum absolute atomic E-state index is 13.3. The SMILES string of the molecule is Cc1onc(-c2ccccc2Cl)c1C(=O)Nc1sc(SCC(N)=O)nc1-c1ccccc1. The number of thiazole rings is 1. The molecule has 0 radical (unpaired) electrons. The van der Waals surface area contributed by atoms with E-state index in [4.69, 9.17) is 21.9 Å². The Balaban J connectivity index is 1.70. The lowest BCUT2D eigenvalue weighted by Gasteiger charge is -2.07. The first-order valence-electron chi connectivity index (χ1n) is 9.44. The van der Waals surface area contributed by atoms with E-state index >= 15 is 0 Å². The molecule has 7 nitrogen and oxygen atoms in total. The van der Waals surface area contributed by atoms with Crippen molar-refractivity contribution < 1.29 is 14.1 Å². The molecule has 0 fully saturated rings. The molecule has 0 aliphatic carbocycles. The van der Waals surface area contributed by atoms with Crippen molar-refractivity contribution in [3.8, 4) is 22.5 Å². The van der Waals surface area contributed by atoms with E-state index in [9.17, 15) is 9.59 Å². The van der Waals surface area contributed by atoms with Gasteiger partial charge in [-0.05, 0) is 13.0 Å². The lowest BCUT2D eigenvalue weighted by atomic mass is 10.1. The Bertz CT molecular complexity index is 1290. The van der Waals surface area contributed by atoms with Gasteiger partial charge in [-0.25, -0.2) is 4.98 Å². The van der Waals surface area contributed by atoms with Gasteiger partial charge in [-0.15, -0.1) is 0 Å². The van der Waals surface area contributed by atoms with Crippen molar-refractivity contribution in [3.05, 3.63) is 70.9 Å². The number of amides is 2. The number of anilines is 1. The van der Waals surface area contributed by atoms with Crippen LogP contribution in [-0.4, -0.2) is 27.7 Å². The summed E-state index contributed by atoms with van der Waals surface area (Å²) in [4.78, 5) is 29.1. The first-order valence-corrected chi connectivity index (χ1v) is 11.6. The fraction of sp³-hybridized carbons (Fsp3) is 0.0909. The molecule has 32 heavy (non-hydrogen) atoms. The first-order chi connectivity index (χ1) is 15.4. The van der Waals surface area contributed by atoms with Gasteiger partial charge in [-0.1, -0.05) is 88.4 Å². The van der Waals surface area contributed by atoms with Crippen LogP contribution in [0, 0.1) is 6.92 Å². The maximum atomic E-state index is 13.3. The highest BCUT2D eigenvalue weighted by molar-refractivity contribution is 8.01. The molecule has 2 amide bonds. The minimum atomic E-state index is -0.443. The molecule has 0 spiro atoms. The summed E-state index contributed by atoms with van der Waals surface area (Å²) in [6, 6.07) is 16.6. The van der Waals surface area contributed by atoms with Gasteiger partial charge >= 0.3 is 0 Å². The predicted octanol–water partition coefficient (Wildman–Crippen LogP) is 5.26. The van der Waals surface area contributed by atoms with Gasteiger partial charge in [0.25, 0.3) is 5.91 Å². The first kappa shape index (κ1) is 22.1. The van der Waals surface area contributed by atoms with Crippen LogP contribution in [0.25, 0.3) is 22.5 Å². The number of carbonyl (C=O) groups excluding carboxylic acids is 2. The number of primary amides is 1. The summed E-state index contributed by atoms with van der Waals surface area (Å²) in [6.45, 7) is 1.67. The van der Waals surface area contributed by atoms with Crippen molar-refractivity contribution in [2.75, 3.05) is 11.1 Å². The zero-order chi connectivity index (χ0) is 22.7. The second kappa shape index (κ2) is 9.56. The Kier molecular flexibility index (Phi) is 6.59. The van der Waals surface area contributed by atoms with E-state index in [1.54, 1.807) is 25.1 Å². The molecular formula is C22H17ClN4O3S2. The molecule has 0 aliphatic heterocycles. The molecule has 2 aromatic heterocycles. The molecule has 2 heterocycles. The van der Waals surface area contributed by atoms with Crippen LogP contribution in [0.15, 0.2) is 63.5 Å². The standard InChI is InChI=1S/C22H17ClN4O3S2/c1-12-17(19(27-30-12)14-9-5-6-10-15(14)23)20(29)26-21-18(13-7-3-2-4-8-13)25-22(32-21)31-11-16(24)28/h2-10H,11H2,1H3,(H2,24,28)(H,26,29). The molecule has 2 aromatic carbocycles. The highest BCUT2D eigenvalue weighted by atomic mass is 35.5. The highest BCUT2D eigenvalue weighted by Gasteiger charge is 2.25. The van der Waals surface area contributed by atoms with Gasteiger partial charge in [-0.3, -0.25) is 9.59 Å². The van der Waals surface area contributed by atoms with Crippen molar-refractivity contribution in [3.63, 3.8) is 0 Å². The average molecular weight is 485 g/mol. The van der Waals surface area contributed by atoms with Gasteiger partial charge < -0.3 is 15.6 Å². The van der Waals surface area contributed by atoms with Gasteiger partial charge in [-0.2, -0.15) is 0 Å². The molecule has 162 valence electrons. The van der Waals surface area contributed by atoms with E-state index in [0.29, 0.717) is 37.1 Å². The molecule has 0 aliphatic rings. The van der Waals surface area contributed by atoms with Crippen molar-refractivity contribution in [1.82, 2.24) is 10.1 Å². The summed E-state index contributed by atoms with van der Waals surface area (Å²) in [5, 5.41) is 7.99. The number of carbonyl (C=O) groups is 2. The number of nitrogens with zero attached hydrogens (tertiary/aromatic N) is 2. The molecule has 3 N–H and O–H groups in total. The lowest BCUT2D eigenvalue weighted by Crippen LogP contribution is -2.13. The summed E-state index contributed by atoms with van der Waals surface area (Å²) in [6.07, 6.45) is 0. The van der Waals surface area contributed by atoms with Crippen molar-refractivity contribution in [1.29, 1.82) is 0 Å². The van der Waals surface area contributed by atoms with E-state index < -0.39 is 11.8 Å². The molecule has 0 atom stereocenters. The number of hydrogen-bond donors (Lipinski definition) is 2. The minimum Gasteiger partial charge on any atom is -0.369 e. The van der Waals surface area contributed by atoms with Crippen LogP contribution in [0.5, 0.6) is 0 Å². The minimum absolute atomic E-state index is 0.0938. The molecule has 10 heteroatoms. The van der Waals surface area contributed by atoms with E-state index in [0.717, 1.165) is 5.56 Å². The number of halogens is 1. The van der Waals surface area contributed by atoms with Gasteiger partial charge in [0.1, 0.15) is 27.7 Å². The molecule has 4 aromatic rings. The van der Waals surface area contributed by atoms with E-state index in [2.05, 4.69) is 15.5 Å². The zero-order valence-corrected chi connectivity index (χ0v) is 19.2. The van der Waals surface area contributed by atoms with Crippen LogP contribution >= 0.6 is 34.7 Å². The van der Waals surface area contributed by atoms with Crippen LogP contribution in [0.2, 0.25) is 5.02 Å². The third-order valence-corrected chi connectivity index (χ3v) is 6.90. The monoisotopic (exact) mass is 484 g/mol.